The van der Waals surface area contributed by atoms with E-state index in [2.05, 4.69) is 17.5 Å². The first-order valence-corrected chi connectivity index (χ1v) is 6.63. The standard InChI is InChI=1S/C14H19ClN2/c1-10-7-8-12(9-13(10)15)16-17-14-6-4-3-5-11(14)2/h7-9,11,16H,3-6H2,1-2H3/b17-14-/t11-/m1/s1. The minimum Gasteiger partial charge on any atom is -0.279 e. The monoisotopic (exact) mass is 250 g/mol. The molecule has 1 aliphatic rings. The van der Waals surface area contributed by atoms with Gasteiger partial charge in [-0.05, 0) is 49.8 Å². The van der Waals surface area contributed by atoms with Gasteiger partial charge in [0.05, 0.1) is 5.69 Å². The Labute approximate surface area is 108 Å². The molecular formula is C14H19ClN2. The molecule has 0 unspecified atom stereocenters. The third-order valence-electron chi connectivity index (χ3n) is 3.39. The van der Waals surface area contributed by atoms with Gasteiger partial charge in [-0.25, -0.2) is 0 Å². The van der Waals surface area contributed by atoms with Crippen LogP contribution in [0.1, 0.15) is 38.2 Å². The summed E-state index contributed by atoms with van der Waals surface area (Å²) in [5.74, 6) is 0.608. The van der Waals surface area contributed by atoms with Gasteiger partial charge in [-0.15, -0.1) is 0 Å². The zero-order chi connectivity index (χ0) is 12.3. The third-order valence-corrected chi connectivity index (χ3v) is 3.80. The summed E-state index contributed by atoms with van der Waals surface area (Å²) in [6.45, 7) is 4.25. The summed E-state index contributed by atoms with van der Waals surface area (Å²) in [6, 6.07) is 5.95. The van der Waals surface area contributed by atoms with Crippen LogP contribution in [-0.2, 0) is 0 Å². The molecule has 0 aliphatic heterocycles. The molecule has 0 bridgehead atoms. The Balaban J connectivity index is 2.05. The molecule has 0 heterocycles. The van der Waals surface area contributed by atoms with Crippen LogP contribution in [-0.4, -0.2) is 5.71 Å². The molecule has 1 aliphatic carbocycles. The maximum atomic E-state index is 6.08. The molecule has 1 saturated carbocycles. The van der Waals surface area contributed by atoms with Crippen LogP contribution in [0.2, 0.25) is 5.02 Å². The van der Waals surface area contributed by atoms with Gasteiger partial charge in [-0.2, -0.15) is 5.10 Å². The van der Waals surface area contributed by atoms with Gasteiger partial charge in [0.25, 0.3) is 0 Å². The predicted molar refractivity (Wildman–Crippen MR) is 74.9 cm³/mol. The molecule has 92 valence electrons. The van der Waals surface area contributed by atoms with Gasteiger partial charge in [-0.1, -0.05) is 31.0 Å². The molecule has 0 radical (unpaired) electrons. The Morgan fingerprint density at radius 3 is 2.88 bits per heavy atom. The number of rotatable bonds is 2. The lowest BCUT2D eigenvalue weighted by atomic mass is 9.89. The quantitative estimate of drug-likeness (QED) is 0.761. The topological polar surface area (TPSA) is 24.4 Å². The zero-order valence-corrected chi connectivity index (χ0v) is 11.2. The van der Waals surface area contributed by atoms with Crippen molar-refractivity contribution in [1.82, 2.24) is 0 Å². The van der Waals surface area contributed by atoms with Crippen LogP contribution in [0.25, 0.3) is 0 Å². The molecule has 0 amide bonds. The SMILES string of the molecule is Cc1ccc(N/N=C2/CCCC[C@H]2C)cc1Cl. The van der Waals surface area contributed by atoms with Gasteiger partial charge < -0.3 is 0 Å². The van der Waals surface area contributed by atoms with Gasteiger partial charge >= 0.3 is 0 Å². The summed E-state index contributed by atoms with van der Waals surface area (Å²) >= 11 is 6.08. The number of benzene rings is 1. The molecule has 0 aromatic heterocycles. The number of nitrogens with zero attached hydrogens (tertiary/aromatic N) is 1. The molecular weight excluding hydrogens is 232 g/mol. The Morgan fingerprint density at radius 2 is 2.18 bits per heavy atom. The van der Waals surface area contributed by atoms with Crippen molar-refractivity contribution in [3.8, 4) is 0 Å². The van der Waals surface area contributed by atoms with Gasteiger partial charge in [0.2, 0.25) is 0 Å². The van der Waals surface area contributed by atoms with Crippen molar-refractivity contribution < 1.29 is 0 Å². The molecule has 17 heavy (non-hydrogen) atoms. The number of hydrazone groups is 1. The molecule has 2 nitrogen and oxygen atoms in total. The number of hydrogen-bond donors (Lipinski definition) is 1. The highest BCUT2D eigenvalue weighted by molar-refractivity contribution is 6.31. The highest BCUT2D eigenvalue weighted by Gasteiger charge is 2.15. The lowest BCUT2D eigenvalue weighted by Gasteiger charge is -2.20. The summed E-state index contributed by atoms with van der Waals surface area (Å²) in [4.78, 5) is 0. The van der Waals surface area contributed by atoms with Crippen LogP contribution in [0.5, 0.6) is 0 Å². The molecule has 1 atom stereocenters. The Bertz CT molecular complexity index is 426. The average Bonchev–Trinajstić information content (AvgIpc) is 2.32. The normalized spacial score (nSPS) is 22.8. The summed E-state index contributed by atoms with van der Waals surface area (Å²) in [5, 5.41) is 5.30. The highest BCUT2D eigenvalue weighted by Crippen LogP contribution is 2.23. The minimum atomic E-state index is 0.608. The fourth-order valence-corrected chi connectivity index (χ4v) is 2.32. The van der Waals surface area contributed by atoms with E-state index in [1.807, 2.05) is 25.1 Å². The van der Waals surface area contributed by atoms with Crippen molar-refractivity contribution >= 4 is 23.0 Å². The summed E-state index contributed by atoms with van der Waals surface area (Å²) in [5.41, 5.74) is 6.46. The maximum absolute atomic E-state index is 6.08. The van der Waals surface area contributed by atoms with Gasteiger partial charge in [-0.3, -0.25) is 5.43 Å². The van der Waals surface area contributed by atoms with Crippen LogP contribution in [0, 0.1) is 12.8 Å². The number of hydrogen-bond acceptors (Lipinski definition) is 2. The van der Waals surface area contributed by atoms with Crippen LogP contribution < -0.4 is 5.43 Å². The largest absolute Gasteiger partial charge is 0.279 e. The summed E-state index contributed by atoms with van der Waals surface area (Å²) in [7, 11) is 0. The number of aryl methyl sites for hydroxylation is 1. The van der Waals surface area contributed by atoms with E-state index in [0.29, 0.717) is 5.92 Å². The van der Waals surface area contributed by atoms with E-state index in [-0.39, 0.29) is 0 Å². The predicted octanol–water partition coefficient (Wildman–Crippen LogP) is 4.63. The zero-order valence-electron chi connectivity index (χ0n) is 10.5. The fraction of sp³-hybridized carbons (Fsp3) is 0.500. The van der Waals surface area contributed by atoms with E-state index in [4.69, 9.17) is 11.6 Å². The van der Waals surface area contributed by atoms with E-state index in [9.17, 15) is 0 Å². The Morgan fingerprint density at radius 1 is 1.35 bits per heavy atom. The Kier molecular flexibility index (Phi) is 4.06. The Hall–Kier alpha value is -1.02. The molecule has 1 N–H and O–H groups in total. The second-order valence-corrected chi connectivity index (χ2v) is 5.23. The first-order valence-electron chi connectivity index (χ1n) is 6.25. The fourth-order valence-electron chi connectivity index (χ4n) is 2.13. The second kappa shape index (κ2) is 5.54. The van der Waals surface area contributed by atoms with Gasteiger partial charge in [0.15, 0.2) is 0 Å². The van der Waals surface area contributed by atoms with Crippen LogP contribution in [0.4, 0.5) is 5.69 Å². The van der Waals surface area contributed by atoms with Crippen molar-refractivity contribution in [3.63, 3.8) is 0 Å². The number of anilines is 1. The third kappa shape index (κ3) is 3.22. The first-order chi connectivity index (χ1) is 8.16. The lowest BCUT2D eigenvalue weighted by Crippen LogP contribution is -2.17. The van der Waals surface area contributed by atoms with Crippen molar-refractivity contribution in [2.24, 2.45) is 11.0 Å². The molecule has 1 aromatic carbocycles. The molecule has 3 heteroatoms. The number of halogens is 1. The van der Waals surface area contributed by atoms with E-state index < -0.39 is 0 Å². The smallest absolute Gasteiger partial charge is 0.0576 e. The van der Waals surface area contributed by atoms with Crippen LogP contribution in [0.15, 0.2) is 23.3 Å². The average molecular weight is 251 g/mol. The van der Waals surface area contributed by atoms with E-state index in [0.717, 1.165) is 22.7 Å². The van der Waals surface area contributed by atoms with Gasteiger partial charge in [0.1, 0.15) is 0 Å². The maximum Gasteiger partial charge on any atom is 0.0576 e. The molecule has 1 fully saturated rings. The number of nitrogens with one attached hydrogen (secondary N) is 1. The lowest BCUT2D eigenvalue weighted by molar-refractivity contribution is 0.558. The highest BCUT2D eigenvalue weighted by atomic mass is 35.5. The van der Waals surface area contributed by atoms with E-state index in [1.165, 1.54) is 25.0 Å². The molecule has 0 saturated heterocycles. The molecule has 2 rings (SSSR count). The summed E-state index contributed by atoms with van der Waals surface area (Å²) < 4.78 is 0. The second-order valence-electron chi connectivity index (χ2n) is 4.83. The van der Waals surface area contributed by atoms with Crippen molar-refractivity contribution in [1.29, 1.82) is 0 Å². The van der Waals surface area contributed by atoms with E-state index >= 15 is 0 Å². The van der Waals surface area contributed by atoms with Crippen molar-refractivity contribution in [2.75, 3.05) is 5.43 Å². The molecule has 0 spiro atoms. The van der Waals surface area contributed by atoms with Crippen molar-refractivity contribution in [2.45, 2.75) is 39.5 Å². The van der Waals surface area contributed by atoms with Crippen LogP contribution in [0.3, 0.4) is 0 Å². The van der Waals surface area contributed by atoms with Crippen molar-refractivity contribution in [3.05, 3.63) is 28.8 Å². The first kappa shape index (κ1) is 12.4. The molecule has 1 aromatic rings. The van der Waals surface area contributed by atoms with Gasteiger partial charge in [0, 0.05) is 10.7 Å². The summed E-state index contributed by atoms with van der Waals surface area (Å²) in [6.07, 6.45) is 4.97. The van der Waals surface area contributed by atoms with E-state index in [1.54, 1.807) is 0 Å². The van der Waals surface area contributed by atoms with Crippen LogP contribution >= 0.6 is 11.6 Å². The minimum absolute atomic E-state index is 0.608.